The molecule has 0 aliphatic rings. The van der Waals surface area contributed by atoms with E-state index in [0.29, 0.717) is 5.89 Å². The normalized spacial score (nSPS) is 10.8. The van der Waals surface area contributed by atoms with Gasteiger partial charge in [-0.15, -0.1) is 0 Å². The number of benzene rings is 3. The van der Waals surface area contributed by atoms with Gasteiger partial charge in [-0.2, -0.15) is 0 Å². The van der Waals surface area contributed by atoms with E-state index in [1.807, 2.05) is 48.5 Å². The maximum Gasteiger partial charge on any atom is 0.227 e. The molecule has 1 heterocycles. The molecule has 1 aromatic heterocycles. The fraction of sp³-hybridized carbons (Fsp3) is 0.0870. The second-order valence-electron chi connectivity index (χ2n) is 6.25. The lowest BCUT2D eigenvalue weighted by molar-refractivity contribution is 0.588. The van der Waals surface area contributed by atoms with Crippen LogP contribution >= 0.6 is 0 Å². The Kier molecular flexibility index (Phi) is 3.95. The van der Waals surface area contributed by atoms with Crippen LogP contribution in [0.1, 0.15) is 11.1 Å². The molecule has 4 rings (SSSR count). The number of aromatic nitrogens is 1. The third kappa shape index (κ3) is 2.99. The zero-order valence-corrected chi connectivity index (χ0v) is 14.4. The Balaban J connectivity index is 1.96. The third-order valence-electron chi connectivity index (χ3n) is 4.33. The lowest BCUT2D eigenvalue weighted by Crippen LogP contribution is -1.86. The molecular weight excluding hydrogens is 306 g/mol. The Labute approximate surface area is 147 Å². The molecule has 0 spiro atoms. The summed E-state index contributed by atoms with van der Waals surface area (Å²) in [5.74, 6) is 1.47. The van der Waals surface area contributed by atoms with Crippen LogP contribution in [0.2, 0.25) is 0 Å². The van der Waals surface area contributed by atoms with Crippen LogP contribution in [-0.4, -0.2) is 4.98 Å². The van der Waals surface area contributed by atoms with E-state index in [-0.39, 0.29) is 0 Å². The molecule has 0 aliphatic carbocycles. The first-order valence-electron chi connectivity index (χ1n) is 8.41. The van der Waals surface area contributed by atoms with E-state index in [1.165, 1.54) is 11.1 Å². The summed E-state index contributed by atoms with van der Waals surface area (Å²) in [5, 5.41) is 0. The van der Waals surface area contributed by atoms with Gasteiger partial charge in [0.05, 0.1) is 0 Å². The zero-order valence-electron chi connectivity index (χ0n) is 14.4. The average molecular weight is 325 g/mol. The number of oxazole rings is 1. The van der Waals surface area contributed by atoms with Crippen molar-refractivity contribution < 1.29 is 4.42 Å². The summed E-state index contributed by atoms with van der Waals surface area (Å²) in [4.78, 5) is 4.83. The maximum atomic E-state index is 6.27. The van der Waals surface area contributed by atoms with Crippen molar-refractivity contribution in [3.8, 4) is 34.0 Å². The van der Waals surface area contributed by atoms with Gasteiger partial charge in [0.15, 0.2) is 5.76 Å². The first-order chi connectivity index (χ1) is 12.2. The number of hydrogen-bond acceptors (Lipinski definition) is 2. The molecule has 3 aromatic carbocycles. The SMILES string of the molecule is Cc1ccc(C)c(-c2oc(-c3ccccc3)nc2-c2ccccc2)c1. The average Bonchev–Trinajstić information content (AvgIpc) is 3.10. The number of hydrogen-bond donors (Lipinski definition) is 0. The van der Waals surface area contributed by atoms with Crippen LogP contribution in [0.4, 0.5) is 0 Å². The van der Waals surface area contributed by atoms with Gasteiger partial charge in [0.25, 0.3) is 0 Å². The van der Waals surface area contributed by atoms with Gasteiger partial charge < -0.3 is 4.42 Å². The molecule has 0 atom stereocenters. The highest BCUT2D eigenvalue weighted by molar-refractivity contribution is 5.80. The molecule has 0 N–H and O–H groups in total. The Morgan fingerprint density at radius 2 is 1.36 bits per heavy atom. The maximum absolute atomic E-state index is 6.27. The summed E-state index contributed by atoms with van der Waals surface area (Å²) < 4.78 is 6.27. The van der Waals surface area contributed by atoms with Crippen molar-refractivity contribution in [1.29, 1.82) is 0 Å². The molecular formula is C23H19NO. The third-order valence-corrected chi connectivity index (χ3v) is 4.33. The molecule has 0 saturated heterocycles. The van der Waals surface area contributed by atoms with Crippen molar-refractivity contribution in [2.75, 3.05) is 0 Å². The van der Waals surface area contributed by atoms with Gasteiger partial charge in [-0.1, -0.05) is 66.2 Å². The summed E-state index contributed by atoms with van der Waals surface area (Å²) in [7, 11) is 0. The van der Waals surface area contributed by atoms with Crippen molar-refractivity contribution in [2.24, 2.45) is 0 Å². The van der Waals surface area contributed by atoms with Gasteiger partial charge in [0.1, 0.15) is 5.69 Å². The minimum absolute atomic E-state index is 0.648. The summed E-state index contributed by atoms with van der Waals surface area (Å²) in [6.45, 7) is 4.20. The van der Waals surface area contributed by atoms with Gasteiger partial charge >= 0.3 is 0 Å². The lowest BCUT2D eigenvalue weighted by atomic mass is 10.00. The van der Waals surface area contributed by atoms with E-state index < -0.39 is 0 Å². The van der Waals surface area contributed by atoms with E-state index in [9.17, 15) is 0 Å². The highest BCUT2D eigenvalue weighted by Gasteiger charge is 2.19. The lowest BCUT2D eigenvalue weighted by Gasteiger charge is -2.06. The van der Waals surface area contributed by atoms with Gasteiger partial charge in [0, 0.05) is 16.7 Å². The van der Waals surface area contributed by atoms with Crippen molar-refractivity contribution >= 4 is 0 Å². The van der Waals surface area contributed by atoms with E-state index in [1.54, 1.807) is 0 Å². The number of aryl methyl sites for hydroxylation is 2. The van der Waals surface area contributed by atoms with Crippen molar-refractivity contribution in [2.45, 2.75) is 13.8 Å². The van der Waals surface area contributed by atoms with Crippen LogP contribution in [0.5, 0.6) is 0 Å². The molecule has 0 saturated carbocycles. The predicted molar refractivity (Wildman–Crippen MR) is 102 cm³/mol. The first-order valence-corrected chi connectivity index (χ1v) is 8.41. The summed E-state index contributed by atoms with van der Waals surface area (Å²) in [6.07, 6.45) is 0. The van der Waals surface area contributed by atoms with Crippen LogP contribution in [-0.2, 0) is 0 Å². The highest BCUT2D eigenvalue weighted by atomic mass is 16.4. The minimum atomic E-state index is 0.648. The standard InChI is InChI=1S/C23H19NO/c1-16-13-14-17(2)20(15-16)22-21(18-9-5-3-6-10-18)24-23(25-22)19-11-7-4-8-12-19/h3-15H,1-2H3. The second kappa shape index (κ2) is 6.40. The summed E-state index contributed by atoms with van der Waals surface area (Å²) in [5.41, 5.74) is 6.40. The van der Waals surface area contributed by atoms with Crippen molar-refractivity contribution in [3.63, 3.8) is 0 Å². The van der Waals surface area contributed by atoms with Gasteiger partial charge in [0.2, 0.25) is 5.89 Å². The number of rotatable bonds is 3. The van der Waals surface area contributed by atoms with Crippen molar-refractivity contribution in [1.82, 2.24) is 4.98 Å². The van der Waals surface area contributed by atoms with Crippen LogP contribution in [0.15, 0.2) is 83.3 Å². The Morgan fingerprint density at radius 3 is 2.04 bits per heavy atom. The molecule has 0 bridgehead atoms. The van der Waals surface area contributed by atoms with Crippen molar-refractivity contribution in [3.05, 3.63) is 90.0 Å². The molecule has 25 heavy (non-hydrogen) atoms. The zero-order chi connectivity index (χ0) is 17.2. The molecule has 0 fully saturated rings. The monoisotopic (exact) mass is 325 g/mol. The molecule has 0 radical (unpaired) electrons. The Hall–Kier alpha value is -3.13. The summed E-state index contributed by atoms with van der Waals surface area (Å²) in [6, 6.07) is 26.7. The van der Waals surface area contributed by atoms with E-state index in [0.717, 1.165) is 28.1 Å². The largest absolute Gasteiger partial charge is 0.435 e. The summed E-state index contributed by atoms with van der Waals surface area (Å²) >= 11 is 0. The Bertz CT molecular complexity index is 1000. The molecule has 4 aromatic rings. The molecule has 2 nitrogen and oxygen atoms in total. The first kappa shape index (κ1) is 15.4. The van der Waals surface area contributed by atoms with E-state index >= 15 is 0 Å². The van der Waals surface area contributed by atoms with Crippen LogP contribution < -0.4 is 0 Å². The van der Waals surface area contributed by atoms with Crippen LogP contribution in [0, 0.1) is 13.8 Å². The topological polar surface area (TPSA) is 26.0 Å². The van der Waals surface area contributed by atoms with Gasteiger partial charge in [-0.25, -0.2) is 4.98 Å². The van der Waals surface area contributed by atoms with E-state index in [4.69, 9.17) is 9.40 Å². The second-order valence-corrected chi connectivity index (χ2v) is 6.25. The van der Waals surface area contributed by atoms with Gasteiger partial charge in [-0.3, -0.25) is 0 Å². The highest BCUT2D eigenvalue weighted by Crippen LogP contribution is 2.37. The quantitative estimate of drug-likeness (QED) is 0.442. The van der Waals surface area contributed by atoms with E-state index in [2.05, 4.69) is 44.2 Å². The smallest absolute Gasteiger partial charge is 0.227 e. The molecule has 122 valence electrons. The Morgan fingerprint density at radius 1 is 0.720 bits per heavy atom. The molecule has 2 heteroatoms. The molecule has 0 amide bonds. The predicted octanol–water partition coefficient (Wildman–Crippen LogP) is 6.29. The van der Waals surface area contributed by atoms with Crippen LogP contribution in [0.25, 0.3) is 34.0 Å². The minimum Gasteiger partial charge on any atom is -0.435 e. The number of nitrogens with zero attached hydrogens (tertiary/aromatic N) is 1. The fourth-order valence-electron chi connectivity index (χ4n) is 2.98. The fourth-order valence-corrected chi connectivity index (χ4v) is 2.98. The molecule has 0 unspecified atom stereocenters. The molecule has 0 aliphatic heterocycles. The van der Waals surface area contributed by atoms with Gasteiger partial charge in [-0.05, 0) is 37.6 Å². The van der Waals surface area contributed by atoms with Crippen LogP contribution in [0.3, 0.4) is 0 Å².